The zero-order valence-corrected chi connectivity index (χ0v) is 18.1. The van der Waals surface area contributed by atoms with E-state index in [0.717, 1.165) is 11.1 Å². The Bertz CT molecular complexity index is 584. The molecule has 2 rings (SSSR count). The van der Waals surface area contributed by atoms with Crippen LogP contribution in [0, 0.1) is 26.8 Å². The van der Waals surface area contributed by atoms with Crippen molar-refractivity contribution in [2.24, 2.45) is 0 Å². The van der Waals surface area contributed by atoms with Gasteiger partial charge >= 0.3 is 0 Å². The summed E-state index contributed by atoms with van der Waals surface area (Å²) < 4.78 is 0. The number of allylic oxidation sites excluding steroid dienone is 5. The molecule has 0 spiro atoms. The van der Waals surface area contributed by atoms with Gasteiger partial charge in [0.15, 0.2) is 0 Å². The fourth-order valence-corrected chi connectivity index (χ4v) is 2.31. The van der Waals surface area contributed by atoms with Crippen LogP contribution in [0.5, 0.6) is 0 Å². The van der Waals surface area contributed by atoms with Crippen LogP contribution in [-0.2, 0) is 70.2 Å². The van der Waals surface area contributed by atoms with E-state index < -0.39 is 0 Å². The Morgan fingerprint density at radius 2 is 1.55 bits per heavy atom. The normalized spacial score (nSPS) is 15.5. The maximum Gasteiger partial charge on any atom is 0.0937 e. The minimum Gasteiger partial charge on any atom is -0.348 e. The number of aryl methyl sites for hydroxylation is 3. The molecule has 98 valence electrons. The van der Waals surface area contributed by atoms with Crippen LogP contribution in [0.15, 0.2) is 35.4 Å². The Labute approximate surface area is 171 Å². The molecule has 0 N–H and O–H groups in total. The van der Waals surface area contributed by atoms with E-state index in [2.05, 4.69) is 45.1 Å². The molecule has 0 aliphatic heterocycles. The largest absolute Gasteiger partial charge is 0.348 e. The second kappa shape index (κ2) is 8.69. The van der Waals surface area contributed by atoms with E-state index in [1.165, 1.54) is 28.3 Å². The predicted octanol–water partition coefficient (Wildman–Crippen LogP) is 3.88. The smallest absolute Gasteiger partial charge is 0.0937 e. The minimum absolute atomic E-state index is 0. The van der Waals surface area contributed by atoms with Crippen molar-refractivity contribution in [3.8, 4) is 0 Å². The van der Waals surface area contributed by atoms with Crippen molar-refractivity contribution >= 4 is 11.9 Å². The molecule has 0 saturated heterocycles. The molecule has 0 atom stereocenters. The van der Waals surface area contributed by atoms with Crippen molar-refractivity contribution in [2.45, 2.75) is 27.7 Å². The fourth-order valence-electron chi connectivity index (χ4n) is 2.31. The summed E-state index contributed by atoms with van der Waals surface area (Å²) in [5, 5.41) is 0. The van der Waals surface area contributed by atoms with Crippen molar-refractivity contribution in [1.29, 1.82) is 0 Å². The van der Waals surface area contributed by atoms with E-state index in [-0.39, 0.29) is 71.2 Å². The van der Waals surface area contributed by atoms with Crippen molar-refractivity contribution < 1.29 is 70.2 Å². The van der Waals surface area contributed by atoms with Gasteiger partial charge in [0.25, 0.3) is 0 Å². The summed E-state index contributed by atoms with van der Waals surface area (Å²) in [6, 6.07) is 4.35. The van der Waals surface area contributed by atoms with Gasteiger partial charge in [-0.05, 0) is 20.8 Å². The number of carbonyl (C=O) groups is 1. The molecular formula is C17H17OY2-. The SMILES string of the molecule is CC1=CC(=O)C=[C-]/C1=C\c1c(C)cc(C)cc1C.[Y].[Y]. The Hall–Kier alpha value is 0.318. The van der Waals surface area contributed by atoms with E-state index >= 15 is 0 Å². The van der Waals surface area contributed by atoms with Gasteiger partial charge in [-0.25, -0.2) is 0 Å². The first kappa shape index (κ1) is 20.3. The molecule has 1 aromatic carbocycles. The van der Waals surface area contributed by atoms with Crippen molar-refractivity contribution in [3.63, 3.8) is 0 Å². The van der Waals surface area contributed by atoms with Crippen molar-refractivity contribution in [2.75, 3.05) is 0 Å². The number of hydrogen-bond donors (Lipinski definition) is 0. The number of benzene rings is 1. The Morgan fingerprint density at radius 3 is 2.05 bits per heavy atom. The molecule has 20 heavy (non-hydrogen) atoms. The first-order chi connectivity index (χ1) is 8.47. The Balaban J connectivity index is 0.00000180. The van der Waals surface area contributed by atoms with Crippen LogP contribution in [-0.4, -0.2) is 5.78 Å². The van der Waals surface area contributed by atoms with Gasteiger partial charge in [-0.1, -0.05) is 47.4 Å². The average molecular weight is 415 g/mol. The molecule has 1 nitrogen and oxygen atoms in total. The maximum absolute atomic E-state index is 11.2. The van der Waals surface area contributed by atoms with Gasteiger partial charge < -0.3 is 4.79 Å². The second-order valence-electron chi connectivity index (χ2n) is 4.89. The third kappa shape index (κ3) is 4.95. The van der Waals surface area contributed by atoms with Crippen LogP contribution < -0.4 is 0 Å². The van der Waals surface area contributed by atoms with Crippen molar-refractivity contribution in [3.05, 3.63) is 63.8 Å². The summed E-state index contributed by atoms with van der Waals surface area (Å²) in [5.74, 6) is 0.0157. The third-order valence-corrected chi connectivity index (χ3v) is 3.18. The fraction of sp³-hybridized carbons (Fsp3) is 0.235. The Morgan fingerprint density at radius 1 is 1.00 bits per heavy atom. The van der Waals surface area contributed by atoms with Gasteiger partial charge in [-0.15, -0.1) is 29.4 Å². The monoisotopic (exact) mass is 415 g/mol. The summed E-state index contributed by atoms with van der Waals surface area (Å²) >= 11 is 0. The van der Waals surface area contributed by atoms with Crippen molar-refractivity contribution in [1.82, 2.24) is 0 Å². The molecule has 1 aromatic rings. The molecule has 0 heterocycles. The van der Waals surface area contributed by atoms with Crippen LogP contribution in [0.25, 0.3) is 6.08 Å². The number of ketones is 1. The predicted molar refractivity (Wildman–Crippen MR) is 75.2 cm³/mol. The molecule has 1 aliphatic carbocycles. The van der Waals surface area contributed by atoms with Crippen LogP contribution >= 0.6 is 0 Å². The molecule has 0 saturated carbocycles. The van der Waals surface area contributed by atoms with E-state index in [1.807, 2.05) is 6.92 Å². The number of rotatable bonds is 1. The zero-order valence-electron chi connectivity index (χ0n) is 12.4. The van der Waals surface area contributed by atoms with Crippen LogP contribution in [0.1, 0.15) is 29.2 Å². The molecule has 0 aromatic heterocycles. The van der Waals surface area contributed by atoms with E-state index in [4.69, 9.17) is 0 Å². The summed E-state index contributed by atoms with van der Waals surface area (Å²) in [7, 11) is 0. The van der Waals surface area contributed by atoms with Gasteiger partial charge in [0, 0.05) is 65.4 Å². The third-order valence-electron chi connectivity index (χ3n) is 3.18. The summed E-state index contributed by atoms with van der Waals surface area (Å²) in [5.41, 5.74) is 6.97. The van der Waals surface area contributed by atoms with Gasteiger partial charge in [0.2, 0.25) is 0 Å². The molecule has 0 unspecified atom stereocenters. The van der Waals surface area contributed by atoms with Crippen LogP contribution in [0.4, 0.5) is 0 Å². The minimum atomic E-state index is 0. The van der Waals surface area contributed by atoms with Crippen LogP contribution in [0.2, 0.25) is 0 Å². The van der Waals surface area contributed by atoms with Gasteiger partial charge in [0.1, 0.15) is 0 Å². The molecule has 2 radical (unpaired) electrons. The van der Waals surface area contributed by atoms with Gasteiger partial charge in [-0.2, -0.15) is 0 Å². The quantitative estimate of drug-likeness (QED) is 0.637. The summed E-state index contributed by atoms with van der Waals surface area (Å²) in [6.45, 7) is 8.28. The van der Waals surface area contributed by atoms with E-state index in [1.54, 1.807) is 6.08 Å². The molecule has 0 fully saturated rings. The molecule has 3 heteroatoms. The Kier molecular flexibility index (Phi) is 8.82. The molecular weight excluding hydrogens is 398 g/mol. The second-order valence-corrected chi connectivity index (χ2v) is 4.89. The van der Waals surface area contributed by atoms with Crippen LogP contribution in [0.3, 0.4) is 0 Å². The first-order valence-electron chi connectivity index (χ1n) is 6.09. The molecule has 0 bridgehead atoms. The average Bonchev–Trinajstić information content (AvgIpc) is 2.25. The molecule has 0 amide bonds. The number of carbonyl (C=O) groups excluding carboxylic acids is 1. The van der Waals surface area contributed by atoms with E-state index in [0.29, 0.717) is 0 Å². The topological polar surface area (TPSA) is 17.1 Å². The zero-order chi connectivity index (χ0) is 13.3. The maximum atomic E-state index is 11.2. The van der Waals surface area contributed by atoms with E-state index in [9.17, 15) is 4.79 Å². The standard InChI is InChI=1S/C17H17O.2Y/c1-11-7-13(3)17(14(4)8-11)10-15-5-6-16(18)9-12(15)2;;/h6-10H,1-4H3;;/q-1;;/b15-10+;;. The van der Waals surface area contributed by atoms with Gasteiger partial charge in [-0.3, -0.25) is 0 Å². The summed E-state index contributed by atoms with van der Waals surface area (Å²) in [4.78, 5) is 11.2. The van der Waals surface area contributed by atoms with Gasteiger partial charge in [0.05, 0.1) is 5.78 Å². The number of hydrogen-bond acceptors (Lipinski definition) is 1. The summed E-state index contributed by atoms with van der Waals surface area (Å²) in [6.07, 6.45) is 8.32. The first-order valence-corrected chi connectivity index (χ1v) is 6.09. The molecule has 1 aliphatic rings.